The fraction of sp³-hybridized carbons (Fsp3) is 0.438. The number of carbonyl (C=O) groups excluding carboxylic acids is 2. The van der Waals surface area contributed by atoms with Gasteiger partial charge in [0.25, 0.3) is 5.91 Å². The van der Waals surface area contributed by atoms with E-state index in [0.29, 0.717) is 4.88 Å². The average Bonchev–Trinajstić information content (AvgIpc) is 3.02. The first kappa shape index (κ1) is 18.9. The molecule has 1 rings (SSSR count). The van der Waals surface area contributed by atoms with Crippen molar-refractivity contribution < 1.29 is 19.5 Å². The molecule has 0 fully saturated rings. The van der Waals surface area contributed by atoms with E-state index in [-0.39, 0.29) is 18.2 Å². The van der Waals surface area contributed by atoms with Gasteiger partial charge >= 0.3 is 5.97 Å². The van der Waals surface area contributed by atoms with E-state index in [1.165, 1.54) is 11.3 Å². The molecule has 0 aliphatic heterocycles. The summed E-state index contributed by atoms with van der Waals surface area (Å²) in [5, 5.41) is 16.1. The predicted octanol–water partition coefficient (Wildman–Crippen LogP) is 2.04. The lowest BCUT2D eigenvalue weighted by Crippen LogP contribution is -2.53. The Kier molecular flexibility index (Phi) is 7.47. The van der Waals surface area contributed by atoms with Crippen LogP contribution < -0.4 is 10.6 Å². The highest BCUT2D eigenvalue weighted by molar-refractivity contribution is 7.12. The lowest BCUT2D eigenvalue weighted by atomic mass is 10.0. The fourth-order valence-corrected chi connectivity index (χ4v) is 2.54. The summed E-state index contributed by atoms with van der Waals surface area (Å²) in [5.41, 5.74) is 0. The first-order chi connectivity index (χ1) is 10.9. The molecular formula is C16H22N2O4S. The van der Waals surface area contributed by atoms with Crippen LogP contribution >= 0.6 is 11.3 Å². The first-order valence-corrected chi connectivity index (χ1v) is 8.23. The second-order valence-electron chi connectivity index (χ2n) is 5.38. The first-order valence-electron chi connectivity index (χ1n) is 7.35. The third-order valence-corrected chi connectivity index (χ3v) is 4.07. The molecule has 126 valence electrons. The Bertz CT molecular complexity index is 567. The number of nitrogens with one attached hydrogen (secondary N) is 2. The molecule has 0 spiro atoms. The summed E-state index contributed by atoms with van der Waals surface area (Å²) in [6, 6.07) is 1.61. The van der Waals surface area contributed by atoms with Crippen LogP contribution in [0.3, 0.4) is 0 Å². The van der Waals surface area contributed by atoms with E-state index in [0.717, 1.165) is 0 Å². The number of aliphatic carboxylic acids is 1. The van der Waals surface area contributed by atoms with Crippen LogP contribution in [-0.2, 0) is 9.59 Å². The fourth-order valence-electron chi connectivity index (χ4n) is 1.91. The van der Waals surface area contributed by atoms with Gasteiger partial charge in [-0.3, -0.25) is 9.59 Å². The summed E-state index contributed by atoms with van der Waals surface area (Å²) in [4.78, 5) is 36.2. The van der Waals surface area contributed by atoms with Crippen LogP contribution in [0, 0.1) is 5.92 Å². The highest BCUT2D eigenvalue weighted by atomic mass is 32.1. The molecule has 0 aliphatic rings. The normalized spacial score (nSPS) is 13.7. The number of hydrogen-bond donors (Lipinski definition) is 3. The quantitative estimate of drug-likeness (QED) is 0.632. The minimum absolute atomic E-state index is 0.171. The van der Waals surface area contributed by atoms with Gasteiger partial charge in [0.05, 0.1) is 4.88 Å². The molecule has 7 heteroatoms. The molecule has 0 radical (unpaired) electrons. The Morgan fingerprint density at radius 2 is 2.00 bits per heavy atom. The van der Waals surface area contributed by atoms with Crippen molar-refractivity contribution in [1.29, 1.82) is 0 Å². The summed E-state index contributed by atoms with van der Waals surface area (Å²) in [6.45, 7) is 5.36. The molecule has 3 N–H and O–H groups in total. The van der Waals surface area contributed by atoms with Gasteiger partial charge in [0.2, 0.25) is 5.91 Å². The maximum absolute atomic E-state index is 12.4. The molecule has 6 nitrogen and oxygen atoms in total. The highest BCUT2D eigenvalue weighted by Crippen LogP contribution is 2.10. The zero-order valence-corrected chi connectivity index (χ0v) is 14.2. The number of carbonyl (C=O) groups is 3. The van der Waals surface area contributed by atoms with Crippen molar-refractivity contribution in [3.05, 3.63) is 34.5 Å². The molecule has 2 atom stereocenters. The molecule has 0 aromatic carbocycles. The summed E-state index contributed by atoms with van der Waals surface area (Å²) in [6.07, 6.45) is 3.59. The van der Waals surface area contributed by atoms with E-state index in [1.807, 2.05) is 0 Å². The minimum atomic E-state index is -1.11. The van der Waals surface area contributed by atoms with Crippen molar-refractivity contribution in [2.75, 3.05) is 0 Å². The number of carboxylic acid groups (broad SMARTS) is 1. The third kappa shape index (κ3) is 5.86. The van der Waals surface area contributed by atoms with Crippen LogP contribution in [0.25, 0.3) is 0 Å². The Labute approximate surface area is 139 Å². The largest absolute Gasteiger partial charge is 0.480 e. The van der Waals surface area contributed by atoms with Crippen molar-refractivity contribution >= 4 is 29.1 Å². The van der Waals surface area contributed by atoms with E-state index in [2.05, 4.69) is 10.6 Å². The van der Waals surface area contributed by atoms with Gasteiger partial charge in [0, 0.05) is 0 Å². The summed E-state index contributed by atoms with van der Waals surface area (Å²) < 4.78 is 0. The van der Waals surface area contributed by atoms with Gasteiger partial charge < -0.3 is 15.7 Å². The van der Waals surface area contributed by atoms with Crippen LogP contribution in [0.4, 0.5) is 0 Å². The predicted molar refractivity (Wildman–Crippen MR) is 89.4 cm³/mol. The Morgan fingerprint density at radius 1 is 1.30 bits per heavy atom. The molecule has 0 bridgehead atoms. The standard InChI is InChI=1S/C16H22N2O4S/c1-4-5-7-11(16(21)22)17-15(20)13(10(2)3)18-14(19)12-8-6-9-23-12/h4-6,8-11,13H,7H2,1-3H3,(H,17,20)(H,18,19)(H,21,22)/b5-4+. The number of hydrogen-bond acceptors (Lipinski definition) is 4. The molecular weight excluding hydrogens is 316 g/mol. The molecule has 0 saturated heterocycles. The van der Waals surface area contributed by atoms with Gasteiger partial charge in [-0.25, -0.2) is 4.79 Å². The van der Waals surface area contributed by atoms with E-state index in [4.69, 9.17) is 5.11 Å². The highest BCUT2D eigenvalue weighted by Gasteiger charge is 2.28. The summed E-state index contributed by atoms with van der Waals surface area (Å²) in [5.74, 6) is -2.12. The maximum Gasteiger partial charge on any atom is 0.326 e. The SMILES string of the molecule is C/C=C/CC(NC(=O)C(NC(=O)c1cccs1)C(C)C)C(=O)O. The van der Waals surface area contributed by atoms with Crippen molar-refractivity contribution in [1.82, 2.24) is 10.6 Å². The number of rotatable bonds is 8. The topological polar surface area (TPSA) is 95.5 Å². The van der Waals surface area contributed by atoms with Gasteiger partial charge in [0.1, 0.15) is 12.1 Å². The van der Waals surface area contributed by atoms with E-state index in [9.17, 15) is 14.4 Å². The van der Waals surface area contributed by atoms with Crippen molar-refractivity contribution in [3.63, 3.8) is 0 Å². The monoisotopic (exact) mass is 338 g/mol. The van der Waals surface area contributed by atoms with Crippen LogP contribution in [0.2, 0.25) is 0 Å². The smallest absolute Gasteiger partial charge is 0.326 e. The molecule has 1 heterocycles. The maximum atomic E-state index is 12.4. The van der Waals surface area contributed by atoms with Gasteiger partial charge in [-0.15, -0.1) is 11.3 Å². The molecule has 1 aromatic rings. The molecule has 2 amide bonds. The number of amides is 2. The number of allylic oxidation sites excluding steroid dienone is 1. The molecule has 0 aliphatic carbocycles. The molecule has 1 aromatic heterocycles. The van der Waals surface area contributed by atoms with Gasteiger partial charge in [0.15, 0.2) is 0 Å². The third-order valence-electron chi connectivity index (χ3n) is 3.20. The average molecular weight is 338 g/mol. The Balaban J connectivity index is 2.77. The van der Waals surface area contributed by atoms with Crippen LogP contribution in [-0.4, -0.2) is 35.0 Å². The van der Waals surface area contributed by atoms with Crippen LogP contribution in [0.1, 0.15) is 36.9 Å². The van der Waals surface area contributed by atoms with Gasteiger partial charge in [-0.1, -0.05) is 32.1 Å². The van der Waals surface area contributed by atoms with Gasteiger partial charge in [-0.2, -0.15) is 0 Å². The lowest BCUT2D eigenvalue weighted by Gasteiger charge is -2.23. The number of thiophene rings is 1. The zero-order chi connectivity index (χ0) is 17.4. The van der Waals surface area contributed by atoms with E-state index < -0.39 is 24.0 Å². The lowest BCUT2D eigenvalue weighted by molar-refractivity contribution is -0.142. The van der Waals surface area contributed by atoms with Crippen molar-refractivity contribution in [2.45, 2.75) is 39.3 Å². The van der Waals surface area contributed by atoms with Gasteiger partial charge in [-0.05, 0) is 30.7 Å². The second-order valence-corrected chi connectivity index (χ2v) is 6.32. The molecule has 23 heavy (non-hydrogen) atoms. The number of carboxylic acids is 1. The van der Waals surface area contributed by atoms with Crippen LogP contribution in [0.15, 0.2) is 29.7 Å². The van der Waals surface area contributed by atoms with Crippen LogP contribution in [0.5, 0.6) is 0 Å². The second kappa shape index (κ2) is 9.09. The Morgan fingerprint density at radius 3 is 2.48 bits per heavy atom. The summed E-state index contributed by atoms with van der Waals surface area (Å²) in [7, 11) is 0. The van der Waals surface area contributed by atoms with E-state index >= 15 is 0 Å². The van der Waals surface area contributed by atoms with Crippen molar-refractivity contribution in [3.8, 4) is 0 Å². The van der Waals surface area contributed by atoms with E-state index in [1.54, 1.807) is 50.4 Å². The Hall–Kier alpha value is -2.15. The molecule has 2 unspecified atom stereocenters. The summed E-state index contributed by atoms with van der Waals surface area (Å²) >= 11 is 1.28. The van der Waals surface area contributed by atoms with Crippen molar-refractivity contribution in [2.24, 2.45) is 5.92 Å². The zero-order valence-electron chi connectivity index (χ0n) is 13.4. The minimum Gasteiger partial charge on any atom is -0.480 e. The molecule has 0 saturated carbocycles.